The lowest BCUT2D eigenvalue weighted by Crippen LogP contribution is -2.43. The van der Waals surface area contributed by atoms with Gasteiger partial charge in [0.2, 0.25) is 0 Å². The lowest BCUT2D eigenvalue weighted by Gasteiger charge is -2.37. The van der Waals surface area contributed by atoms with E-state index in [1.54, 1.807) is 0 Å². The zero-order valence-electron chi connectivity index (χ0n) is 19.5. The average molecular weight is 428 g/mol. The molecule has 1 aromatic rings. The molecule has 2 saturated carbocycles. The van der Waals surface area contributed by atoms with Gasteiger partial charge in [-0.1, -0.05) is 12.0 Å². The first-order chi connectivity index (χ1) is 14.7. The second-order valence-electron chi connectivity index (χ2n) is 9.77. The molecule has 0 aliphatic heterocycles. The van der Waals surface area contributed by atoms with Crippen LogP contribution < -0.4 is 14.8 Å². The lowest BCUT2D eigenvalue weighted by molar-refractivity contribution is 0.0487. The molecule has 1 aromatic carbocycles. The Morgan fingerprint density at radius 2 is 1.84 bits per heavy atom. The molecule has 0 radical (unpaired) electrons. The van der Waals surface area contributed by atoms with Crippen LogP contribution in [0.4, 0.5) is 4.79 Å². The van der Waals surface area contributed by atoms with Crippen molar-refractivity contribution in [2.75, 3.05) is 6.61 Å². The van der Waals surface area contributed by atoms with Crippen molar-refractivity contribution in [3.05, 3.63) is 23.8 Å². The lowest BCUT2D eigenvalue weighted by atomic mass is 9.69. The largest absolute Gasteiger partial charge is 0.490 e. The van der Waals surface area contributed by atoms with Crippen LogP contribution in [0.15, 0.2) is 18.2 Å². The highest BCUT2D eigenvalue weighted by Gasteiger charge is 2.37. The molecule has 0 aromatic heterocycles. The third kappa shape index (κ3) is 6.09. The van der Waals surface area contributed by atoms with E-state index in [0.29, 0.717) is 6.61 Å². The van der Waals surface area contributed by atoms with Gasteiger partial charge in [-0.15, -0.1) is 6.42 Å². The number of carbonyl (C=O) groups is 1. The van der Waals surface area contributed by atoms with Gasteiger partial charge in [-0.2, -0.15) is 0 Å². The highest BCUT2D eigenvalue weighted by atomic mass is 16.6. The van der Waals surface area contributed by atoms with Crippen LogP contribution in [0.5, 0.6) is 11.5 Å². The van der Waals surface area contributed by atoms with Crippen molar-refractivity contribution in [3.8, 4) is 23.8 Å². The maximum atomic E-state index is 12.1. The van der Waals surface area contributed by atoms with E-state index in [4.69, 9.17) is 20.6 Å². The SMILES string of the molecule is C#C[C@]1(c2ccc(OCC)c(OC3CCCC3)c2)CC[C@@H](NC(=O)OC(C)(C)C)CC1. The van der Waals surface area contributed by atoms with Crippen molar-refractivity contribution in [2.24, 2.45) is 0 Å². The summed E-state index contributed by atoms with van der Waals surface area (Å²) in [6.45, 7) is 8.18. The fraction of sp³-hybridized carbons (Fsp3) is 0.654. The number of benzene rings is 1. The highest BCUT2D eigenvalue weighted by Crippen LogP contribution is 2.43. The first-order valence-electron chi connectivity index (χ1n) is 11.7. The summed E-state index contributed by atoms with van der Waals surface area (Å²) in [4.78, 5) is 12.1. The topological polar surface area (TPSA) is 56.8 Å². The number of nitrogens with one attached hydrogen (secondary N) is 1. The molecule has 1 N–H and O–H groups in total. The zero-order chi connectivity index (χ0) is 22.5. The number of carbonyl (C=O) groups excluding carboxylic acids is 1. The molecule has 3 rings (SSSR count). The Bertz CT molecular complexity index is 791. The third-order valence-corrected chi connectivity index (χ3v) is 6.23. The van der Waals surface area contributed by atoms with Gasteiger partial charge in [0.25, 0.3) is 0 Å². The molecule has 0 heterocycles. The quantitative estimate of drug-likeness (QED) is 0.588. The van der Waals surface area contributed by atoms with Gasteiger partial charge in [0.15, 0.2) is 11.5 Å². The Kier molecular flexibility index (Phi) is 7.41. The number of amides is 1. The maximum Gasteiger partial charge on any atom is 0.407 e. The van der Waals surface area contributed by atoms with Crippen LogP contribution in [0.1, 0.15) is 84.6 Å². The molecule has 5 nitrogen and oxygen atoms in total. The fourth-order valence-electron chi connectivity index (χ4n) is 4.60. The summed E-state index contributed by atoms with van der Waals surface area (Å²) in [5.74, 6) is 4.66. The molecule has 0 bridgehead atoms. The van der Waals surface area contributed by atoms with Gasteiger partial charge in [0.1, 0.15) is 5.60 Å². The number of hydrogen-bond acceptors (Lipinski definition) is 4. The van der Waals surface area contributed by atoms with Crippen LogP contribution in [0.3, 0.4) is 0 Å². The van der Waals surface area contributed by atoms with E-state index in [-0.39, 0.29) is 23.7 Å². The molecule has 0 saturated heterocycles. The summed E-state index contributed by atoms with van der Waals surface area (Å²) < 4.78 is 17.5. The first kappa shape index (κ1) is 23.3. The molecule has 0 spiro atoms. The van der Waals surface area contributed by atoms with E-state index < -0.39 is 5.60 Å². The zero-order valence-corrected chi connectivity index (χ0v) is 19.5. The van der Waals surface area contributed by atoms with E-state index in [1.165, 1.54) is 12.8 Å². The second-order valence-corrected chi connectivity index (χ2v) is 9.77. The van der Waals surface area contributed by atoms with Crippen molar-refractivity contribution in [3.63, 3.8) is 0 Å². The standard InChI is InChI=1S/C26H37NO4/c1-6-26(16-14-20(15-17-26)27-24(28)31-25(3,4)5)19-12-13-22(29-7-2)23(18-19)30-21-10-8-9-11-21/h1,12-13,18,20-21H,7-11,14-17H2,2-5H3,(H,27,28)/t20-,26+. The predicted octanol–water partition coefficient (Wildman–Crippen LogP) is 5.75. The van der Waals surface area contributed by atoms with Crippen LogP contribution >= 0.6 is 0 Å². The predicted molar refractivity (Wildman–Crippen MR) is 123 cm³/mol. The Morgan fingerprint density at radius 3 is 2.42 bits per heavy atom. The molecule has 2 fully saturated rings. The summed E-state index contributed by atoms with van der Waals surface area (Å²) in [7, 11) is 0. The van der Waals surface area contributed by atoms with Crippen molar-refractivity contribution in [1.29, 1.82) is 0 Å². The minimum Gasteiger partial charge on any atom is -0.490 e. The molecule has 1 amide bonds. The monoisotopic (exact) mass is 427 g/mol. The van der Waals surface area contributed by atoms with Crippen LogP contribution in [0.25, 0.3) is 0 Å². The highest BCUT2D eigenvalue weighted by molar-refractivity contribution is 5.68. The number of rotatable bonds is 6. The Hall–Kier alpha value is -2.35. The number of hydrogen-bond donors (Lipinski definition) is 1. The average Bonchev–Trinajstić information content (AvgIpc) is 3.22. The van der Waals surface area contributed by atoms with Crippen molar-refractivity contribution >= 4 is 6.09 Å². The summed E-state index contributed by atoms with van der Waals surface area (Å²) in [6.07, 6.45) is 13.8. The Morgan fingerprint density at radius 1 is 1.16 bits per heavy atom. The molecule has 0 atom stereocenters. The Labute approximate surface area is 187 Å². The number of alkyl carbamates (subject to hydrolysis) is 1. The fourth-order valence-corrected chi connectivity index (χ4v) is 4.60. The third-order valence-electron chi connectivity index (χ3n) is 6.23. The summed E-state index contributed by atoms with van der Waals surface area (Å²) in [5.41, 5.74) is 0.242. The van der Waals surface area contributed by atoms with E-state index in [0.717, 1.165) is 55.6 Å². The first-order valence-corrected chi connectivity index (χ1v) is 11.7. The summed E-state index contributed by atoms with van der Waals surface area (Å²) in [6, 6.07) is 6.24. The van der Waals surface area contributed by atoms with Gasteiger partial charge >= 0.3 is 6.09 Å². The maximum absolute atomic E-state index is 12.1. The number of terminal acetylenes is 1. The minimum atomic E-state index is -0.501. The molecule has 5 heteroatoms. The Balaban J connectivity index is 1.71. The van der Waals surface area contributed by atoms with Gasteiger partial charge in [-0.3, -0.25) is 0 Å². The molecular formula is C26H37NO4. The van der Waals surface area contributed by atoms with Gasteiger partial charge in [-0.05, 0) is 96.8 Å². The van der Waals surface area contributed by atoms with Crippen LogP contribution in [0, 0.1) is 12.3 Å². The normalized spacial score (nSPS) is 24.3. The van der Waals surface area contributed by atoms with Crippen molar-refractivity contribution < 1.29 is 19.0 Å². The van der Waals surface area contributed by atoms with E-state index >= 15 is 0 Å². The minimum absolute atomic E-state index is 0.0771. The molecule has 170 valence electrons. The molecule has 0 unspecified atom stereocenters. The van der Waals surface area contributed by atoms with Gasteiger partial charge in [0, 0.05) is 6.04 Å². The van der Waals surface area contributed by atoms with Gasteiger partial charge < -0.3 is 19.5 Å². The van der Waals surface area contributed by atoms with Gasteiger partial charge in [0.05, 0.1) is 18.1 Å². The van der Waals surface area contributed by atoms with E-state index in [9.17, 15) is 4.79 Å². The summed E-state index contributed by atoms with van der Waals surface area (Å²) >= 11 is 0. The van der Waals surface area contributed by atoms with Crippen LogP contribution in [-0.4, -0.2) is 30.4 Å². The summed E-state index contributed by atoms with van der Waals surface area (Å²) in [5, 5.41) is 3.00. The second kappa shape index (κ2) is 9.85. The van der Waals surface area contributed by atoms with Crippen molar-refractivity contribution in [2.45, 2.75) is 102 Å². The molecule has 2 aliphatic rings. The van der Waals surface area contributed by atoms with Gasteiger partial charge in [-0.25, -0.2) is 4.79 Å². The molecule has 2 aliphatic carbocycles. The van der Waals surface area contributed by atoms with Crippen LogP contribution in [0.2, 0.25) is 0 Å². The van der Waals surface area contributed by atoms with Crippen molar-refractivity contribution in [1.82, 2.24) is 5.32 Å². The van der Waals surface area contributed by atoms with Crippen LogP contribution in [-0.2, 0) is 10.2 Å². The smallest absolute Gasteiger partial charge is 0.407 e. The molecule has 31 heavy (non-hydrogen) atoms. The number of ether oxygens (including phenoxy) is 3. The van der Waals surface area contributed by atoms with E-state index in [2.05, 4.69) is 23.4 Å². The molecular weight excluding hydrogens is 390 g/mol. The van der Waals surface area contributed by atoms with E-state index in [1.807, 2.05) is 33.8 Å².